The highest BCUT2D eigenvalue weighted by Crippen LogP contribution is 2.51. The van der Waals surface area contributed by atoms with E-state index in [1.807, 2.05) is 0 Å². The summed E-state index contributed by atoms with van der Waals surface area (Å²) < 4.78 is 0. The number of pyridine rings is 1. The second-order valence-electron chi connectivity index (χ2n) is 9.44. The van der Waals surface area contributed by atoms with Crippen molar-refractivity contribution in [2.24, 2.45) is 0 Å². The maximum atomic E-state index is 12.6. The van der Waals surface area contributed by atoms with Crippen LogP contribution in [0.3, 0.4) is 0 Å². The van der Waals surface area contributed by atoms with Crippen molar-refractivity contribution in [2.75, 3.05) is 25.0 Å². The number of amides is 1. The third-order valence-electron chi connectivity index (χ3n) is 7.21. The molecule has 3 atom stereocenters. The van der Waals surface area contributed by atoms with E-state index >= 15 is 0 Å². The van der Waals surface area contributed by atoms with Crippen LogP contribution >= 0.6 is 0 Å². The Morgan fingerprint density at radius 2 is 2.18 bits per heavy atom. The summed E-state index contributed by atoms with van der Waals surface area (Å²) >= 11 is 0. The standard InChI is InChI=1S/C24H30N8O/c1-16-14-31(17(2)13-30(16)11-7-5-9-25)20-12-24(3)21-18(15-32(20)24)22(29-28-21)27-23(33)19-8-4-6-10-26-19/h4,6,8,10,12,16-17H,5,7,11,13-15H2,1-3H3,(H2,27,28,29,33)/t16-,17+,24?/m1/s1. The molecule has 3 aliphatic heterocycles. The van der Waals surface area contributed by atoms with E-state index in [9.17, 15) is 4.79 Å². The Morgan fingerprint density at radius 3 is 2.94 bits per heavy atom. The molecule has 1 fully saturated rings. The molecule has 0 saturated carbocycles. The first-order valence-electron chi connectivity index (χ1n) is 11.6. The predicted octanol–water partition coefficient (Wildman–Crippen LogP) is 2.64. The van der Waals surface area contributed by atoms with Crippen LogP contribution in [0.1, 0.15) is 55.4 Å². The lowest BCUT2D eigenvalue weighted by molar-refractivity contribution is 0.00595. The number of nitrogens with one attached hydrogen (secondary N) is 2. The second kappa shape index (κ2) is 8.19. The molecule has 0 aromatic carbocycles. The van der Waals surface area contributed by atoms with Crippen molar-refractivity contribution in [3.8, 4) is 6.07 Å². The highest BCUT2D eigenvalue weighted by Gasteiger charge is 2.53. The molecule has 1 amide bonds. The molecule has 5 rings (SSSR count). The van der Waals surface area contributed by atoms with Gasteiger partial charge in [0, 0.05) is 43.4 Å². The molecule has 5 heterocycles. The molecule has 0 bridgehead atoms. The number of hydrogen-bond donors (Lipinski definition) is 2. The van der Waals surface area contributed by atoms with Gasteiger partial charge in [0.05, 0.1) is 18.3 Å². The monoisotopic (exact) mass is 446 g/mol. The molecular formula is C24H30N8O. The summed E-state index contributed by atoms with van der Waals surface area (Å²) in [5.41, 5.74) is 2.21. The van der Waals surface area contributed by atoms with Crippen LogP contribution in [0.25, 0.3) is 0 Å². The number of piperazine rings is 1. The van der Waals surface area contributed by atoms with Crippen molar-refractivity contribution >= 4 is 11.7 Å². The van der Waals surface area contributed by atoms with Crippen LogP contribution in [-0.4, -0.2) is 67.5 Å². The third kappa shape index (κ3) is 3.55. The molecule has 9 heteroatoms. The molecule has 172 valence electrons. The zero-order valence-electron chi connectivity index (χ0n) is 19.4. The van der Waals surface area contributed by atoms with Gasteiger partial charge in [-0.25, -0.2) is 0 Å². The van der Waals surface area contributed by atoms with Crippen LogP contribution in [0.2, 0.25) is 0 Å². The Morgan fingerprint density at radius 1 is 1.33 bits per heavy atom. The molecule has 1 unspecified atom stereocenters. The first-order valence-corrected chi connectivity index (χ1v) is 11.6. The van der Waals surface area contributed by atoms with Crippen LogP contribution in [0.4, 0.5) is 5.82 Å². The number of carbonyl (C=O) groups excluding carboxylic acids is 1. The zero-order chi connectivity index (χ0) is 23.2. The van der Waals surface area contributed by atoms with Crippen molar-refractivity contribution in [3.05, 3.63) is 53.2 Å². The lowest BCUT2D eigenvalue weighted by Gasteiger charge is -2.54. The molecule has 2 aromatic heterocycles. The molecule has 0 spiro atoms. The van der Waals surface area contributed by atoms with Gasteiger partial charge in [-0.1, -0.05) is 6.07 Å². The number of nitrogens with zero attached hydrogens (tertiary/aromatic N) is 6. The average molecular weight is 447 g/mol. The van der Waals surface area contributed by atoms with E-state index in [0.29, 0.717) is 36.6 Å². The molecule has 2 aromatic rings. The van der Waals surface area contributed by atoms with Gasteiger partial charge in [-0.15, -0.1) is 0 Å². The molecular weight excluding hydrogens is 416 g/mol. The number of aromatic amines is 1. The SMILES string of the molecule is C[C@@H]1CN(C2=CC3(C)c4[nH]nc(NC(=O)c5ccccn5)c4CN23)[C@@H](C)CN1CCCC#N. The molecule has 0 aliphatic carbocycles. The van der Waals surface area contributed by atoms with E-state index < -0.39 is 0 Å². The molecule has 3 aliphatic rings. The topological polar surface area (TPSA) is 104 Å². The predicted molar refractivity (Wildman–Crippen MR) is 124 cm³/mol. The quantitative estimate of drug-likeness (QED) is 0.658. The summed E-state index contributed by atoms with van der Waals surface area (Å²) in [6.07, 6.45) is 5.47. The fourth-order valence-corrected chi connectivity index (χ4v) is 5.33. The first-order chi connectivity index (χ1) is 15.9. The van der Waals surface area contributed by atoms with E-state index in [0.717, 1.165) is 37.3 Å². The van der Waals surface area contributed by atoms with Crippen molar-refractivity contribution in [3.63, 3.8) is 0 Å². The fraction of sp³-hybridized carbons (Fsp3) is 0.500. The van der Waals surface area contributed by atoms with E-state index in [4.69, 9.17) is 5.26 Å². The van der Waals surface area contributed by atoms with E-state index in [1.54, 1.807) is 24.4 Å². The summed E-state index contributed by atoms with van der Waals surface area (Å²) in [6, 6.07) is 8.35. The number of fused-ring (bicyclic) bond motifs is 3. The number of rotatable bonds is 6. The smallest absolute Gasteiger partial charge is 0.275 e. The van der Waals surface area contributed by atoms with E-state index in [2.05, 4.69) is 68.1 Å². The molecule has 0 radical (unpaired) electrons. The number of anilines is 1. The summed E-state index contributed by atoms with van der Waals surface area (Å²) in [6.45, 7) is 10.4. The minimum atomic E-state index is -0.257. The summed E-state index contributed by atoms with van der Waals surface area (Å²) in [4.78, 5) is 24.1. The van der Waals surface area contributed by atoms with Gasteiger partial charge < -0.3 is 15.1 Å². The van der Waals surface area contributed by atoms with E-state index in [-0.39, 0.29) is 11.4 Å². The normalized spacial score (nSPS) is 26.2. The number of aromatic nitrogens is 3. The minimum absolute atomic E-state index is 0.238. The number of nitriles is 1. The lowest BCUT2D eigenvalue weighted by Crippen LogP contribution is -2.61. The first kappa shape index (κ1) is 21.5. The molecule has 2 N–H and O–H groups in total. The van der Waals surface area contributed by atoms with Crippen molar-refractivity contribution in [1.29, 1.82) is 5.26 Å². The van der Waals surface area contributed by atoms with Crippen LogP contribution in [-0.2, 0) is 12.1 Å². The lowest BCUT2D eigenvalue weighted by atomic mass is 9.90. The van der Waals surface area contributed by atoms with Crippen molar-refractivity contribution in [1.82, 2.24) is 29.9 Å². The van der Waals surface area contributed by atoms with Crippen LogP contribution in [0.5, 0.6) is 0 Å². The number of hydrogen-bond acceptors (Lipinski definition) is 7. The van der Waals surface area contributed by atoms with Gasteiger partial charge in [0.15, 0.2) is 5.82 Å². The average Bonchev–Trinajstić information content (AvgIpc) is 3.30. The van der Waals surface area contributed by atoms with Crippen LogP contribution in [0.15, 0.2) is 36.3 Å². The highest BCUT2D eigenvalue weighted by molar-refractivity contribution is 6.02. The third-order valence-corrected chi connectivity index (χ3v) is 7.21. The Labute approximate surface area is 194 Å². The van der Waals surface area contributed by atoms with Gasteiger partial charge >= 0.3 is 0 Å². The fourth-order valence-electron chi connectivity index (χ4n) is 5.33. The number of unbranched alkanes of at least 4 members (excludes halogenated alkanes) is 1. The van der Waals surface area contributed by atoms with Gasteiger partial charge in [-0.3, -0.25) is 19.8 Å². The van der Waals surface area contributed by atoms with Gasteiger partial charge in [0.1, 0.15) is 17.1 Å². The Bertz CT molecular complexity index is 1120. The van der Waals surface area contributed by atoms with E-state index in [1.165, 1.54) is 5.82 Å². The number of H-pyrrole nitrogens is 1. The summed E-state index contributed by atoms with van der Waals surface area (Å²) in [5.74, 6) is 1.57. The molecule has 9 nitrogen and oxygen atoms in total. The summed E-state index contributed by atoms with van der Waals surface area (Å²) in [7, 11) is 0. The van der Waals surface area contributed by atoms with Gasteiger partial charge in [-0.05, 0) is 51.9 Å². The Hall–Kier alpha value is -3.38. The maximum Gasteiger partial charge on any atom is 0.275 e. The zero-order valence-corrected chi connectivity index (χ0v) is 19.4. The largest absolute Gasteiger partial charge is 0.353 e. The second-order valence-corrected chi connectivity index (χ2v) is 9.44. The van der Waals surface area contributed by atoms with Crippen molar-refractivity contribution in [2.45, 2.75) is 57.8 Å². The summed E-state index contributed by atoms with van der Waals surface area (Å²) in [5, 5.41) is 19.3. The van der Waals surface area contributed by atoms with Crippen molar-refractivity contribution < 1.29 is 4.79 Å². The minimum Gasteiger partial charge on any atom is -0.353 e. The van der Waals surface area contributed by atoms with Crippen LogP contribution in [0, 0.1) is 11.3 Å². The Balaban J connectivity index is 1.28. The molecule has 33 heavy (non-hydrogen) atoms. The Kier molecular flexibility index (Phi) is 5.33. The van der Waals surface area contributed by atoms with Gasteiger partial charge in [-0.2, -0.15) is 10.4 Å². The highest BCUT2D eigenvalue weighted by atomic mass is 16.2. The maximum absolute atomic E-state index is 12.6. The van der Waals surface area contributed by atoms with Gasteiger partial charge in [0.25, 0.3) is 5.91 Å². The molecule has 1 saturated heterocycles. The number of carbonyl (C=O) groups is 1. The van der Waals surface area contributed by atoms with Crippen LogP contribution < -0.4 is 5.32 Å². The van der Waals surface area contributed by atoms with Gasteiger partial charge in [0.2, 0.25) is 0 Å².